The van der Waals surface area contributed by atoms with Crippen molar-refractivity contribution in [3.63, 3.8) is 0 Å². The van der Waals surface area contributed by atoms with Crippen LogP contribution in [0.3, 0.4) is 0 Å². The molecule has 0 atom stereocenters. The molecule has 0 aliphatic heterocycles. The van der Waals surface area contributed by atoms with Gasteiger partial charge < -0.3 is 10.2 Å². The molecule has 0 fully saturated rings. The molecule has 0 saturated heterocycles. The molecule has 6 heteroatoms. The number of carboxylic acids is 1. The van der Waals surface area contributed by atoms with E-state index < -0.39 is 5.97 Å². The molecule has 0 unspecified atom stereocenters. The number of aliphatic hydroxyl groups is 1. The van der Waals surface area contributed by atoms with Gasteiger partial charge in [0, 0.05) is 6.42 Å². The number of unbranched alkanes of at least 4 members (excludes halogenated alkanes) is 14. The minimum absolute atomic E-state index is 0.0694. The fourth-order valence-electron chi connectivity index (χ4n) is 2.74. The highest BCUT2D eigenvalue weighted by molar-refractivity contribution is 5.66. The standard InChI is InChI=1S/C18H36O2.C2H7NO3/c1-2-3-4-5-6-7-8-9-10-11-12-13-14-15-16-17-18(19)20;4-2-1-3(5)6/h2-17H2,1H3,(H,19,20);4-6H,1-2H2. The number of hydroxylamine groups is 2. The fraction of sp³-hybridized carbons (Fsp3) is 0.950. The van der Waals surface area contributed by atoms with E-state index in [1.54, 1.807) is 0 Å². The summed E-state index contributed by atoms with van der Waals surface area (Å²) < 4.78 is 0. The zero-order valence-corrected chi connectivity index (χ0v) is 16.9. The highest BCUT2D eigenvalue weighted by Gasteiger charge is 1.97. The Morgan fingerprint density at radius 2 is 1.04 bits per heavy atom. The Bertz CT molecular complexity index is 275. The molecule has 26 heavy (non-hydrogen) atoms. The summed E-state index contributed by atoms with van der Waals surface area (Å²) in [5.41, 5.74) is 0. The molecule has 0 saturated carbocycles. The van der Waals surface area contributed by atoms with Gasteiger partial charge in [0.1, 0.15) is 0 Å². The van der Waals surface area contributed by atoms with E-state index in [9.17, 15) is 4.79 Å². The van der Waals surface area contributed by atoms with E-state index in [2.05, 4.69) is 6.92 Å². The van der Waals surface area contributed by atoms with E-state index in [1.165, 1.54) is 83.5 Å². The Balaban J connectivity index is 0. The van der Waals surface area contributed by atoms with E-state index in [0.717, 1.165) is 12.8 Å². The third-order valence-electron chi connectivity index (χ3n) is 4.29. The quantitative estimate of drug-likeness (QED) is 0.189. The smallest absolute Gasteiger partial charge is 0.303 e. The normalized spacial score (nSPS) is 10.7. The van der Waals surface area contributed by atoms with Crippen molar-refractivity contribution in [2.45, 2.75) is 110 Å². The first-order valence-corrected chi connectivity index (χ1v) is 10.5. The number of aliphatic carboxylic acids is 1. The first kappa shape index (κ1) is 27.5. The van der Waals surface area contributed by atoms with Gasteiger partial charge in [-0.15, -0.1) is 0 Å². The lowest BCUT2D eigenvalue weighted by Crippen LogP contribution is -2.17. The van der Waals surface area contributed by atoms with Crippen molar-refractivity contribution in [1.29, 1.82) is 0 Å². The molecule has 0 heterocycles. The van der Waals surface area contributed by atoms with E-state index >= 15 is 0 Å². The maximum atomic E-state index is 10.3. The van der Waals surface area contributed by atoms with Gasteiger partial charge in [0.15, 0.2) is 0 Å². The lowest BCUT2D eigenvalue weighted by atomic mass is 10.0. The van der Waals surface area contributed by atoms with Crippen LogP contribution in [0.15, 0.2) is 0 Å². The molecule has 0 aromatic heterocycles. The van der Waals surface area contributed by atoms with Crippen LogP contribution in [0.2, 0.25) is 0 Å². The van der Waals surface area contributed by atoms with E-state index in [-0.39, 0.29) is 18.4 Å². The molecule has 0 aromatic rings. The first-order chi connectivity index (χ1) is 12.5. The Hall–Kier alpha value is -0.690. The van der Waals surface area contributed by atoms with Crippen molar-refractivity contribution in [2.24, 2.45) is 0 Å². The molecule has 4 N–H and O–H groups in total. The Morgan fingerprint density at radius 1 is 0.692 bits per heavy atom. The second-order valence-corrected chi connectivity index (χ2v) is 6.91. The molecule has 0 radical (unpaired) electrons. The van der Waals surface area contributed by atoms with Crippen LogP contribution in [0.25, 0.3) is 0 Å². The van der Waals surface area contributed by atoms with E-state index in [0.29, 0.717) is 6.42 Å². The summed E-state index contributed by atoms with van der Waals surface area (Å²) in [4.78, 5) is 10.3. The topological polar surface area (TPSA) is 101 Å². The maximum absolute atomic E-state index is 10.3. The molecule has 0 aromatic carbocycles. The Morgan fingerprint density at radius 3 is 1.27 bits per heavy atom. The van der Waals surface area contributed by atoms with Gasteiger partial charge in [-0.1, -0.05) is 102 Å². The molecule has 0 bridgehead atoms. The van der Waals surface area contributed by atoms with Crippen LogP contribution in [0, 0.1) is 0 Å². The van der Waals surface area contributed by atoms with E-state index in [4.69, 9.17) is 20.6 Å². The van der Waals surface area contributed by atoms with Crippen LogP contribution < -0.4 is 0 Å². The number of carboxylic acid groups (broad SMARTS) is 1. The summed E-state index contributed by atoms with van der Waals surface area (Å²) >= 11 is 0. The highest BCUT2D eigenvalue weighted by atomic mass is 16.8. The van der Waals surface area contributed by atoms with Gasteiger partial charge in [0.2, 0.25) is 0 Å². The van der Waals surface area contributed by atoms with Crippen LogP contribution in [-0.4, -0.2) is 45.0 Å². The van der Waals surface area contributed by atoms with Crippen molar-refractivity contribution in [1.82, 2.24) is 5.23 Å². The van der Waals surface area contributed by atoms with Crippen molar-refractivity contribution in [3.8, 4) is 0 Å². The molecule has 0 amide bonds. The maximum Gasteiger partial charge on any atom is 0.303 e. The molecule has 0 aliphatic rings. The van der Waals surface area contributed by atoms with Gasteiger partial charge in [0.25, 0.3) is 0 Å². The van der Waals surface area contributed by atoms with Gasteiger partial charge in [-0.2, -0.15) is 0 Å². The summed E-state index contributed by atoms with van der Waals surface area (Å²) in [6, 6.07) is 0. The van der Waals surface area contributed by atoms with Gasteiger partial charge in [0.05, 0.1) is 13.2 Å². The van der Waals surface area contributed by atoms with Crippen molar-refractivity contribution in [3.05, 3.63) is 0 Å². The third kappa shape index (κ3) is 31.1. The number of nitrogens with zero attached hydrogens (tertiary/aromatic N) is 1. The third-order valence-corrected chi connectivity index (χ3v) is 4.29. The second-order valence-electron chi connectivity index (χ2n) is 6.91. The lowest BCUT2D eigenvalue weighted by Gasteiger charge is -2.03. The van der Waals surface area contributed by atoms with Crippen LogP contribution in [0.1, 0.15) is 110 Å². The van der Waals surface area contributed by atoms with Crippen LogP contribution in [0.5, 0.6) is 0 Å². The van der Waals surface area contributed by atoms with Crippen LogP contribution >= 0.6 is 0 Å². The summed E-state index contributed by atoms with van der Waals surface area (Å²) in [7, 11) is 0. The number of hydrogen-bond acceptors (Lipinski definition) is 5. The molecule has 6 nitrogen and oxygen atoms in total. The first-order valence-electron chi connectivity index (χ1n) is 10.5. The van der Waals surface area contributed by atoms with Gasteiger partial charge >= 0.3 is 5.97 Å². The molecule has 0 rings (SSSR count). The molecular weight excluding hydrogens is 334 g/mol. The van der Waals surface area contributed by atoms with Crippen molar-refractivity contribution < 1.29 is 25.4 Å². The van der Waals surface area contributed by atoms with Crippen molar-refractivity contribution >= 4 is 5.97 Å². The Labute approximate surface area is 160 Å². The number of hydrogen-bond donors (Lipinski definition) is 4. The second kappa shape index (κ2) is 24.3. The fourth-order valence-corrected chi connectivity index (χ4v) is 2.74. The van der Waals surface area contributed by atoms with Crippen LogP contribution in [-0.2, 0) is 4.79 Å². The number of aliphatic hydroxyl groups excluding tert-OH is 1. The Kier molecular flexibility index (Phi) is 25.7. The van der Waals surface area contributed by atoms with Gasteiger partial charge in [-0.05, 0) is 6.42 Å². The summed E-state index contributed by atoms with van der Waals surface area (Å²) in [6.07, 6.45) is 20.2. The average Bonchev–Trinajstić information content (AvgIpc) is 2.58. The summed E-state index contributed by atoms with van der Waals surface area (Å²) in [5.74, 6) is -0.653. The molecule has 0 aliphatic carbocycles. The van der Waals surface area contributed by atoms with Crippen LogP contribution in [0.4, 0.5) is 0 Å². The van der Waals surface area contributed by atoms with Gasteiger partial charge in [-0.25, -0.2) is 0 Å². The average molecular weight is 378 g/mol. The minimum Gasteiger partial charge on any atom is -0.481 e. The largest absolute Gasteiger partial charge is 0.481 e. The highest BCUT2D eigenvalue weighted by Crippen LogP contribution is 2.13. The molecular formula is C20H43NO5. The summed E-state index contributed by atoms with van der Waals surface area (Å²) in [5, 5.41) is 31.9. The number of rotatable bonds is 18. The zero-order valence-electron chi connectivity index (χ0n) is 16.9. The zero-order chi connectivity index (χ0) is 19.9. The SMILES string of the molecule is CCCCCCCCCCCCCCCCCC(=O)O.OCCN(O)O. The lowest BCUT2D eigenvalue weighted by molar-refractivity contribution is -0.309. The van der Waals surface area contributed by atoms with Gasteiger partial charge in [-0.3, -0.25) is 15.2 Å². The predicted octanol–water partition coefficient (Wildman–Crippen LogP) is 5.39. The molecule has 158 valence electrons. The molecule has 0 spiro atoms. The summed E-state index contributed by atoms with van der Waals surface area (Å²) in [6.45, 7) is 1.90. The monoisotopic (exact) mass is 377 g/mol. The predicted molar refractivity (Wildman–Crippen MR) is 105 cm³/mol. The van der Waals surface area contributed by atoms with Crippen molar-refractivity contribution in [2.75, 3.05) is 13.2 Å². The number of carbonyl (C=O) groups is 1. The minimum atomic E-state index is -0.653. The van der Waals surface area contributed by atoms with E-state index in [1.807, 2.05) is 0 Å².